The maximum absolute atomic E-state index is 3.94. The van der Waals surface area contributed by atoms with Crippen LogP contribution < -0.4 is 0 Å². The predicted molar refractivity (Wildman–Crippen MR) is 98.7 cm³/mol. The van der Waals surface area contributed by atoms with Crippen LogP contribution in [0.3, 0.4) is 0 Å². The highest BCUT2D eigenvalue weighted by Gasteiger charge is 2.19. The summed E-state index contributed by atoms with van der Waals surface area (Å²) in [4.78, 5) is 5.49. The van der Waals surface area contributed by atoms with E-state index < -0.39 is 0 Å². The van der Waals surface area contributed by atoms with E-state index in [1.165, 1.54) is 30.6 Å². The summed E-state index contributed by atoms with van der Waals surface area (Å²) in [6.07, 6.45) is 5.84. The van der Waals surface area contributed by atoms with Gasteiger partial charge >= 0.3 is 0 Å². The summed E-state index contributed by atoms with van der Waals surface area (Å²) in [5.74, 6) is 0. The van der Waals surface area contributed by atoms with Crippen molar-refractivity contribution in [2.24, 2.45) is 0 Å². The smallest absolute Gasteiger partial charge is 0.0487 e. The van der Waals surface area contributed by atoms with Gasteiger partial charge in [-0.15, -0.1) is 47.2 Å². The Kier molecular flexibility index (Phi) is 4.54. The van der Waals surface area contributed by atoms with Gasteiger partial charge in [0.05, 0.1) is 0 Å². The molecule has 3 heteroatoms. The molecule has 0 aliphatic rings. The normalized spacial score (nSPS) is 10.7. The second-order valence-corrected chi connectivity index (χ2v) is 7.57. The van der Waals surface area contributed by atoms with E-state index in [0.717, 1.165) is 12.8 Å². The molecule has 3 aromatic rings. The van der Waals surface area contributed by atoms with Crippen LogP contribution in [0, 0.1) is 0 Å². The molecule has 0 aliphatic carbocycles. The molecule has 0 amide bonds. The number of hydrogen-bond donors (Lipinski definition) is 0. The Morgan fingerprint density at radius 1 is 0.810 bits per heavy atom. The van der Waals surface area contributed by atoms with Crippen molar-refractivity contribution in [1.29, 1.82) is 0 Å². The van der Waals surface area contributed by atoms with E-state index in [9.17, 15) is 0 Å². The lowest BCUT2D eigenvalue weighted by atomic mass is 10.0. The number of allylic oxidation sites excluding steroid dienone is 2. The van der Waals surface area contributed by atoms with Gasteiger partial charge in [-0.1, -0.05) is 24.3 Å². The molecule has 21 heavy (non-hydrogen) atoms. The topological polar surface area (TPSA) is 0 Å². The Bertz CT molecular complexity index is 665. The molecule has 3 heterocycles. The molecule has 0 atom stereocenters. The molecule has 3 aromatic heterocycles. The Hall–Kier alpha value is -1.42. The Morgan fingerprint density at radius 2 is 1.29 bits per heavy atom. The largest absolute Gasteiger partial charge is 0.143 e. The minimum absolute atomic E-state index is 0.915. The quantitative estimate of drug-likeness (QED) is 0.444. The van der Waals surface area contributed by atoms with Crippen LogP contribution in [-0.4, -0.2) is 0 Å². The Balaban J connectivity index is 2.22. The van der Waals surface area contributed by atoms with Gasteiger partial charge in [0, 0.05) is 19.5 Å². The van der Waals surface area contributed by atoms with E-state index in [2.05, 4.69) is 48.2 Å². The van der Waals surface area contributed by atoms with E-state index >= 15 is 0 Å². The summed E-state index contributed by atoms with van der Waals surface area (Å²) < 4.78 is 0. The van der Waals surface area contributed by atoms with Gasteiger partial charge in [0.2, 0.25) is 0 Å². The molecule has 0 unspecified atom stereocenters. The summed E-state index contributed by atoms with van der Waals surface area (Å²) in [6, 6.07) is 8.66. The maximum Gasteiger partial charge on any atom is 0.0487 e. The van der Waals surface area contributed by atoms with E-state index in [0.29, 0.717) is 0 Å². The third-order valence-corrected chi connectivity index (χ3v) is 6.68. The maximum atomic E-state index is 3.94. The van der Waals surface area contributed by atoms with Crippen LogP contribution >= 0.6 is 34.0 Å². The van der Waals surface area contributed by atoms with Crippen molar-refractivity contribution in [3.8, 4) is 19.5 Å². The van der Waals surface area contributed by atoms with Gasteiger partial charge < -0.3 is 0 Å². The summed E-state index contributed by atoms with van der Waals surface area (Å²) >= 11 is 5.52. The summed E-state index contributed by atoms with van der Waals surface area (Å²) in [5, 5.41) is 4.29. The molecule has 0 fully saturated rings. The fraction of sp³-hybridized carbons (Fsp3) is 0.111. The zero-order valence-electron chi connectivity index (χ0n) is 11.7. The molecule has 3 rings (SSSR count). The van der Waals surface area contributed by atoms with E-state index in [1.807, 2.05) is 46.2 Å². The lowest BCUT2D eigenvalue weighted by Crippen LogP contribution is -1.90. The Morgan fingerprint density at radius 3 is 1.62 bits per heavy atom. The van der Waals surface area contributed by atoms with Gasteiger partial charge in [0.1, 0.15) is 0 Å². The average molecular weight is 329 g/mol. The predicted octanol–water partition coefficient (Wildman–Crippen LogP) is 6.66. The minimum Gasteiger partial charge on any atom is -0.143 e. The standard InChI is InChI=1S/C18H16S3/c1-3-7-13-14(8-4-2)18(16-10-6-12-20-16)21-17(13)15-9-5-11-19-15/h3-6,9-12H,1-2,7-8H2. The van der Waals surface area contributed by atoms with Crippen molar-refractivity contribution in [1.82, 2.24) is 0 Å². The van der Waals surface area contributed by atoms with Crippen LogP contribution in [0.4, 0.5) is 0 Å². The fourth-order valence-corrected chi connectivity index (χ4v) is 5.56. The average Bonchev–Trinajstić information content (AvgIpc) is 3.19. The summed E-state index contributed by atoms with van der Waals surface area (Å²) in [5.41, 5.74) is 2.83. The molecule has 0 aromatic carbocycles. The van der Waals surface area contributed by atoms with Crippen molar-refractivity contribution >= 4 is 34.0 Å². The highest BCUT2D eigenvalue weighted by Crippen LogP contribution is 2.45. The van der Waals surface area contributed by atoms with Crippen molar-refractivity contribution in [3.63, 3.8) is 0 Å². The SMILES string of the molecule is C=CCc1c(-c2cccs2)sc(-c2cccs2)c1CC=C. The molecular weight excluding hydrogens is 312 g/mol. The first-order chi connectivity index (χ1) is 10.3. The minimum atomic E-state index is 0.915. The van der Waals surface area contributed by atoms with Crippen molar-refractivity contribution in [2.45, 2.75) is 12.8 Å². The van der Waals surface area contributed by atoms with Crippen molar-refractivity contribution in [3.05, 3.63) is 71.5 Å². The Labute approximate surface area is 137 Å². The van der Waals surface area contributed by atoms with Gasteiger partial charge in [-0.05, 0) is 46.9 Å². The van der Waals surface area contributed by atoms with Gasteiger partial charge in [0.25, 0.3) is 0 Å². The summed E-state index contributed by atoms with van der Waals surface area (Å²) in [6.45, 7) is 7.87. The van der Waals surface area contributed by atoms with E-state index in [1.54, 1.807) is 0 Å². The molecule has 106 valence electrons. The monoisotopic (exact) mass is 328 g/mol. The van der Waals surface area contributed by atoms with Gasteiger partial charge in [-0.3, -0.25) is 0 Å². The molecule has 0 N–H and O–H groups in total. The van der Waals surface area contributed by atoms with Crippen LogP contribution in [0.25, 0.3) is 19.5 Å². The first kappa shape index (κ1) is 14.5. The molecule has 0 nitrogen and oxygen atoms in total. The van der Waals surface area contributed by atoms with E-state index in [4.69, 9.17) is 0 Å². The first-order valence-corrected chi connectivity index (χ1v) is 9.36. The van der Waals surface area contributed by atoms with Crippen LogP contribution in [0.1, 0.15) is 11.1 Å². The molecule has 0 aliphatic heterocycles. The lowest BCUT2D eigenvalue weighted by Gasteiger charge is -2.04. The van der Waals surface area contributed by atoms with Gasteiger partial charge in [-0.2, -0.15) is 0 Å². The second-order valence-electron chi connectivity index (χ2n) is 4.66. The third kappa shape index (κ3) is 2.82. The van der Waals surface area contributed by atoms with Crippen LogP contribution in [0.2, 0.25) is 0 Å². The number of rotatable bonds is 6. The fourth-order valence-electron chi connectivity index (χ4n) is 2.43. The molecule has 0 radical (unpaired) electrons. The van der Waals surface area contributed by atoms with Gasteiger partial charge in [0.15, 0.2) is 0 Å². The van der Waals surface area contributed by atoms with Crippen LogP contribution in [-0.2, 0) is 12.8 Å². The zero-order valence-corrected chi connectivity index (χ0v) is 14.1. The van der Waals surface area contributed by atoms with Crippen molar-refractivity contribution < 1.29 is 0 Å². The molecule has 0 saturated heterocycles. The molecule has 0 saturated carbocycles. The molecule has 0 bridgehead atoms. The van der Waals surface area contributed by atoms with Gasteiger partial charge in [-0.25, -0.2) is 0 Å². The number of hydrogen-bond acceptors (Lipinski definition) is 3. The highest BCUT2D eigenvalue weighted by molar-refractivity contribution is 7.26. The zero-order chi connectivity index (χ0) is 14.7. The third-order valence-electron chi connectivity index (χ3n) is 3.30. The number of thiophene rings is 3. The van der Waals surface area contributed by atoms with Crippen LogP contribution in [0.15, 0.2) is 60.3 Å². The molecular formula is C18H16S3. The highest BCUT2D eigenvalue weighted by atomic mass is 32.1. The van der Waals surface area contributed by atoms with Crippen molar-refractivity contribution in [2.75, 3.05) is 0 Å². The first-order valence-electron chi connectivity index (χ1n) is 6.79. The molecule has 0 spiro atoms. The second kappa shape index (κ2) is 6.56. The lowest BCUT2D eigenvalue weighted by molar-refractivity contribution is 1.19. The van der Waals surface area contributed by atoms with E-state index in [-0.39, 0.29) is 0 Å². The van der Waals surface area contributed by atoms with Crippen LogP contribution in [0.5, 0.6) is 0 Å². The summed E-state index contributed by atoms with van der Waals surface area (Å²) in [7, 11) is 0.